The number of ether oxygens (including phenoxy) is 2. The largest absolute Gasteiger partial charge is 0.464 e. The van der Waals surface area contributed by atoms with E-state index in [0.29, 0.717) is 26.2 Å². The third-order valence-corrected chi connectivity index (χ3v) is 5.46. The molecule has 2 heterocycles. The number of rotatable bonds is 4. The highest BCUT2D eigenvalue weighted by atomic mass is 16.6. The third-order valence-electron chi connectivity index (χ3n) is 5.46. The minimum absolute atomic E-state index is 0.00910. The van der Waals surface area contributed by atoms with Crippen LogP contribution in [0.2, 0.25) is 0 Å². The molecule has 3 aliphatic rings. The van der Waals surface area contributed by atoms with Crippen molar-refractivity contribution in [2.45, 2.75) is 38.6 Å². The van der Waals surface area contributed by atoms with Gasteiger partial charge in [-0.2, -0.15) is 0 Å². The van der Waals surface area contributed by atoms with Crippen LogP contribution < -0.4 is 5.32 Å². The molecule has 1 spiro atoms. The van der Waals surface area contributed by atoms with E-state index < -0.39 is 12.1 Å². The van der Waals surface area contributed by atoms with Crippen molar-refractivity contribution in [2.75, 3.05) is 32.8 Å². The topological polar surface area (TPSA) is 67.9 Å². The van der Waals surface area contributed by atoms with Gasteiger partial charge in [0.15, 0.2) is 0 Å². The predicted molar refractivity (Wildman–Crippen MR) is 94.0 cm³/mol. The summed E-state index contributed by atoms with van der Waals surface area (Å²) in [6.07, 6.45) is 11.2. The highest BCUT2D eigenvalue weighted by molar-refractivity contribution is 5.82. The first-order valence-electron chi connectivity index (χ1n) is 9.28. The van der Waals surface area contributed by atoms with Gasteiger partial charge in [0.25, 0.3) is 0 Å². The van der Waals surface area contributed by atoms with E-state index in [0.717, 1.165) is 32.4 Å². The fourth-order valence-corrected chi connectivity index (χ4v) is 4.03. The Kier molecular flexibility index (Phi) is 5.78. The van der Waals surface area contributed by atoms with E-state index in [1.165, 1.54) is 0 Å². The monoisotopic (exact) mass is 348 g/mol. The Morgan fingerprint density at radius 1 is 1.24 bits per heavy atom. The summed E-state index contributed by atoms with van der Waals surface area (Å²) < 4.78 is 10.7. The van der Waals surface area contributed by atoms with E-state index in [1.807, 2.05) is 18.2 Å². The normalized spacial score (nSPS) is 27.5. The van der Waals surface area contributed by atoms with Crippen LogP contribution >= 0.6 is 0 Å². The molecule has 0 radical (unpaired) electrons. The number of carbonyl (C=O) groups excluding carboxylic acids is 2. The van der Waals surface area contributed by atoms with E-state index in [1.54, 1.807) is 11.8 Å². The molecule has 0 saturated carbocycles. The van der Waals surface area contributed by atoms with Gasteiger partial charge in [-0.05, 0) is 51.1 Å². The molecule has 1 N–H and O–H groups in total. The Balaban J connectivity index is 1.64. The fourth-order valence-electron chi connectivity index (χ4n) is 4.03. The molecule has 6 nitrogen and oxygen atoms in total. The Morgan fingerprint density at radius 3 is 2.72 bits per heavy atom. The van der Waals surface area contributed by atoms with Crippen LogP contribution in [-0.4, -0.2) is 55.9 Å². The van der Waals surface area contributed by atoms with Crippen LogP contribution in [0.25, 0.3) is 0 Å². The zero-order valence-corrected chi connectivity index (χ0v) is 14.9. The van der Waals surface area contributed by atoms with Crippen molar-refractivity contribution in [3.05, 3.63) is 24.3 Å². The quantitative estimate of drug-likeness (QED) is 0.790. The van der Waals surface area contributed by atoms with Gasteiger partial charge in [0.2, 0.25) is 0 Å². The maximum atomic E-state index is 12.7. The van der Waals surface area contributed by atoms with Gasteiger partial charge in [0, 0.05) is 12.5 Å². The van der Waals surface area contributed by atoms with Crippen molar-refractivity contribution in [3.63, 3.8) is 0 Å². The van der Waals surface area contributed by atoms with Crippen molar-refractivity contribution >= 4 is 12.1 Å². The number of carbonyl (C=O) groups is 2. The van der Waals surface area contributed by atoms with E-state index in [-0.39, 0.29) is 17.3 Å². The average Bonchev–Trinajstić information content (AvgIpc) is 3.00. The zero-order valence-electron chi connectivity index (χ0n) is 14.9. The van der Waals surface area contributed by atoms with Gasteiger partial charge in [0.1, 0.15) is 6.04 Å². The summed E-state index contributed by atoms with van der Waals surface area (Å²) >= 11 is 0. The SMILES string of the molecule is CCOC(=O)[C@@H]1CC2(CCNCC2)CN1C(=O)OCC1C=CC=CC1. The lowest BCUT2D eigenvalue weighted by atomic mass is 9.77. The smallest absolute Gasteiger partial charge is 0.410 e. The number of likely N-dealkylation sites (tertiary alicyclic amines) is 1. The molecule has 1 amide bonds. The van der Waals surface area contributed by atoms with Crippen LogP contribution in [0.3, 0.4) is 0 Å². The summed E-state index contributed by atoms with van der Waals surface area (Å²) in [7, 11) is 0. The molecule has 25 heavy (non-hydrogen) atoms. The minimum atomic E-state index is -0.521. The molecular weight excluding hydrogens is 320 g/mol. The molecule has 3 rings (SSSR count). The molecule has 138 valence electrons. The lowest BCUT2D eigenvalue weighted by Gasteiger charge is -2.33. The van der Waals surface area contributed by atoms with E-state index in [4.69, 9.17) is 9.47 Å². The molecule has 0 aromatic carbocycles. The van der Waals surface area contributed by atoms with Crippen molar-refractivity contribution < 1.29 is 19.1 Å². The molecule has 2 saturated heterocycles. The number of hydrogen-bond donors (Lipinski definition) is 1. The number of esters is 1. The summed E-state index contributed by atoms with van der Waals surface area (Å²) in [4.78, 5) is 26.7. The summed E-state index contributed by atoms with van der Waals surface area (Å²) in [5.74, 6) is -0.0965. The highest BCUT2D eigenvalue weighted by Crippen LogP contribution is 2.42. The van der Waals surface area contributed by atoms with Crippen molar-refractivity contribution in [1.82, 2.24) is 10.2 Å². The lowest BCUT2D eigenvalue weighted by molar-refractivity contribution is -0.148. The van der Waals surface area contributed by atoms with Crippen LogP contribution in [0.1, 0.15) is 32.6 Å². The Labute approximate surface area is 149 Å². The lowest BCUT2D eigenvalue weighted by Crippen LogP contribution is -2.43. The summed E-state index contributed by atoms with van der Waals surface area (Å²) in [6.45, 7) is 4.90. The molecule has 1 aliphatic carbocycles. The van der Waals surface area contributed by atoms with Gasteiger partial charge < -0.3 is 14.8 Å². The highest BCUT2D eigenvalue weighted by Gasteiger charge is 2.50. The molecular formula is C19H28N2O4. The molecule has 6 heteroatoms. The number of piperidine rings is 1. The Bertz CT molecular complexity index is 552. The maximum Gasteiger partial charge on any atom is 0.410 e. The van der Waals surface area contributed by atoms with Gasteiger partial charge in [-0.3, -0.25) is 4.90 Å². The Hall–Kier alpha value is -1.82. The molecule has 0 aromatic heterocycles. The minimum Gasteiger partial charge on any atom is -0.464 e. The first-order valence-corrected chi connectivity index (χ1v) is 9.28. The van der Waals surface area contributed by atoms with Crippen LogP contribution in [0.4, 0.5) is 4.79 Å². The van der Waals surface area contributed by atoms with Crippen molar-refractivity contribution in [1.29, 1.82) is 0 Å². The van der Waals surface area contributed by atoms with Gasteiger partial charge in [-0.1, -0.05) is 24.3 Å². The van der Waals surface area contributed by atoms with Gasteiger partial charge >= 0.3 is 12.1 Å². The molecule has 0 aromatic rings. The van der Waals surface area contributed by atoms with Crippen LogP contribution in [-0.2, 0) is 14.3 Å². The number of nitrogens with zero attached hydrogens (tertiary/aromatic N) is 1. The van der Waals surface area contributed by atoms with Crippen LogP contribution in [0.5, 0.6) is 0 Å². The summed E-state index contributed by atoms with van der Waals surface area (Å²) in [5.41, 5.74) is 0.00910. The molecule has 2 atom stereocenters. The number of hydrogen-bond acceptors (Lipinski definition) is 5. The summed E-state index contributed by atoms with van der Waals surface area (Å²) in [5, 5.41) is 3.35. The molecule has 2 aliphatic heterocycles. The van der Waals surface area contributed by atoms with E-state index in [2.05, 4.69) is 11.4 Å². The number of allylic oxidation sites excluding steroid dienone is 3. The third kappa shape index (κ3) is 4.24. The number of amides is 1. The second kappa shape index (κ2) is 8.04. The van der Waals surface area contributed by atoms with Crippen LogP contribution in [0, 0.1) is 11.3 Å². The Morgan fingerprint density at radius 2 is 2.04 bits per heavy atom. The standard InChI is InChI=1S/C19H28N2O4/c1-2-24-17(22)16-12-19(8-10-20-11-9-19)14-21(16)18(23)25-13-15-6-4-3-5-7-15/h3-6,15-16,20H,2,7-14H2,1H3/t15?,16-/m0/s1. The summed E-state index contributed by atoms with van der Waals surface area (Å²) in [6, 6.07) is -0.521. The fraction of sp³-hybridized carbons (Fsp3) is 0.684. The maximum absolute atomic E-state index is 12.7. The predicted octanol–water partition coefficient (Wildman–Crippen LogP) is 2.26. The van der Waals surface area contributed by atoms with Gasteiger partial charge in [0.05, 0.1) is 13.2 Å². The second-order valence-electron chi connectivity index (χ2n) is 7.24. The molecule has 2 fully saturated rings. The van der Waals surface area contributed by atoms with Crippen LogP contribution in [0.15, 0.2) is 24.3 Å². The first-order chi connectivity index (χ1) is 12.1. The van der Waals surface area contributed by atoms with Gasteiger partial charge in [-0.15, -0.1) is 0 Å². The van der Waals surface area contributed by atoms with Gasteiger partial charge in [-0.25, -0.2) is 9.59 Å². The zero-order chi connectivity index (χ0) is 17.7. The van der Waals surface area contributed by atoms with Crippen molar-refractivity contribution in [3.8, 4) is 0 Å². The number of nitrogens with one attached hydrogen (secondary N) is 1. The van der Waals surface area contributed by atoms with E-state index >= 15 is 0 Å². The van der Waals surface area contributed by atoms with Crippen molar-refractivity contribution in [2.24, 2.45) is 11.3 Å². The second-order valence-corrected chi connectivity index (χ2v) is 7.24. The average molecular weight is 348 g/mol. The first kappa shape index (κ1) is 18.0. The molecule has 1 unspecified atom stereocenters. The molecule has 0 bridgehead atoms. The van der Waals surface area contributed by atoms with E-state index in [9.17, 15) is 9.59 Å².